The number of rotatable bonds is 2. The normalized spacial score (nSPS) is 19.8. The van der Waals surface area contributed by atoms with Gasteiger partial charge in [0, 0.05) is 36.7 Å². The van der Waals surface area contributed by atoms with Crippen molar-refractivity contribution < 1.29 is 5.11 Å². The highest BCUT2D eigenvalue weighted by Crippen LogP contribution is 2.33. The second kappa shape index (κ2) is 4.42. The summed E-state index contributed by atoms with van der Waals surface area (Å²) < 4.78 is 0. The zero-order valence-electron chi connectivity index (χ0n) is 10.1. The van der Waals surface area contributed by atoms with Crippen molar-refractivity contribution in [3.8, 4) is 0 Å². The SMILES string of the molecule is CC1(C)CCN(c2ccncc2CO)CC1. The summed E-state index contributed by atoms with van der Waals surface area (Å²) in [5, 5.41) is 9.29. The van der Waals surface area contributed by atoms with Gasteiger partial charge in [0.15, 0.2) is 0 Å². The highest BCUT2D eigenvalue weighted by molar-refractivity contribution is 5.52. The first-order chi connectivity index (χ1) is 7.62. The van der Waals surface area contributed by atoms with Crippen LogP contribution in [0.4, 0.5) is 5.69 Å². The zero-order chi connectivity index (χ0) is 11.6. The van der Waals surface area contributed by atoms with Crippen molar-refractivity contribution >= 4 is 5.69 Å². The van der Waals surface area contributed by atoms with Gasteiger partial charge in [0.1, 0.15) is 0 Å². The summed E-state index contributed by atoms with van der Waals surface area (Å²) in [6.45, 7) is 6.87. The Bertz CT molecular complexity index is 353. The van der Waals surface area contributed by atoms with Crippen LogP contribution < -0.4 is 4.90 Å². The van der Waals surface area contributed by atoms with Gasteiger partial charge in [-0.3, -0.25) is 4.98 Å². The first kappa shape index (κ1) is 11.4. The second-order valence-corrected chi connectivity index (χ2v) is 5.31. The monoisotopic (exact) mass is 220 g/mol. The van der Waals surface area contributed by atoms with Crippen molar-refractivity contribution in [3.63, 3.8) is 0 Å². The standard InChI is InChI=1S/C13H20N2O/c1-13(2)4-7-15(8-5-13)12-3-6-14-9-11(12)10-16/h3,6,9,16H,4-5,7-8,10H2,1-2H3. The van der Waals surface area contributed by atoms with E-state index in [1.165, 1.54) is 12.8 Å². The molecule has 1 aromatic heterocycles. The van der Waals surface area contributed by atoms with Gasteiger partial charge in [-0.25, -0.2) is 0 Å². The van der Waals surface area contributed by atoms with Crippen LogP contribution in [0.3, 0.4) is 0 Å². The first-order valence-corrected chi connectivity index (χ1v) is 5.91. The lowest BCUT2D eigenvalue weighted by Crippen LogP contribution is -2.37. The minimum Gasteiger partial charge on any atom is -0.392 e. The molecule has 2 heterocycles. The Morgan fingerprint density at radius 1 is 1.38 bits per heavy atom. The van der Waals surface area contributed by atoms with Crippen molar-refractivity contribution in [2.75, 3.05) is 18.0 Å². The third-order valence-electron chi connectivity index (χ3n) is 3.51. The lowest BCUT2D eigenvalue weighted by Gasteiger charge is -2.38. The number of aromatic nitrogens is 1. The van der Waals surface area contributed by atoms with E-state index in [1.807, 2.05) is 6.07 Å². The summed E-state index contributed by atoms with van der Waals surface area (Å²) in [5.41, 5.74) is 2.54. The maximum atomic E-state index is 9.29. The molecule has 1 N–H and O–H groups in total. The zero-order valence-corrected chi connectivity index (χ0v) is 10.1. The topological polar surface area (TPSA) is 36.4 Å². The highest BCUT2D eigenvalue weighted by Gasteiger charge is 2.26. The van der Waals surface area contributed by atoms with E-state index < -0.39 is 0 Å². The molecule has 0 radical (unpaired) electrons. The number of piperidine rings is 1. The van der Waals surface area contributed by atoms with Crippen molar-refractivity contribution in [3.05, 3.63) is 24.0 Å². The summed E-state index contributed by atoms with van der Waals surface area (Å²) in [6, 6.07) is 2.00. The van der Waals surface area contributed by atoms with E-state index in [4.69, 9.17) is 0 Å². The van der Waals surface area contributed by atoms with E-state index in [0.29, 0.717) is 5.41 Å². The Hall–Kier alpha value is -1.09. The molecule has 2 rings (SSSR count). The van der Waals surface area contributed by atoms with E-state index in [-0.39, 0.29) is 6.61 Å². The molecule has 0 bridgehead atoms. The summed E-state index contributed by atoms with van der Waals surface area (Å²) in [4.78, 5) is 6.41. The lowest BCUT2D eigenvalue weighted by molar-refractivity contribution is 0.272. The quantitative estimate of drug-likeness (QED) is 0.830. The fraction of sp³-hybridized carbons (Fsp3) is 0.615. The Kier molecular flexibility index (Phi) is 3.15. The molecule has 0 unspecified atom stereocenters. The van der Waals surface area contributed by atoms with Crippen molar-refractivity contribution in [1.82, 2.24) is 4.98 Å². The lowest BCUT2D eigenvalue weighted by atomic mass is 9.82. The summed E-state index contributed by atoms with van der Waals surface area (Å²) in [6.07, 6.45) is 5.98. The maximum absolute atomic E-state index is 9.29. The molecule has 3 nitrogen and oxygen atoms in total. The molecule has 1 aliphatic rings. The van der Waals surface area contributed by atoms with Gasteiger partial charge in [-0.15, -0.1) is 0 Å². The van der Waals surface area contributed by atoms with Crippen LogP contribution >= 0.6 is 0 Å². The predicted octanol–water partition coefficient (Wildman–Crippen LogP) is 2.20. The smallest absolute Gasteiger partial charge is 0.0717 e. The van der Waals surface area contributed by atoms with E-state index in [2.05, 4.69) is 23.7 Å². The average molecular weight is 220 g/mol. The van der Waals surface area contributed by atoms with Crippen LogP contribution in [0.15, 0.2) is 18.5 Å². The molecule has 16 heavy (non-hydrogen) atoms. The number of nitrogens with zero attached hydrogens (tertiary/aromatic N) is 2. The van der Waals surface area contributed by atoms with Crippen LogP contribution in [0.25, 0.3) is 0 Å². The summed E-state index contributed by atoms with van der Waals surface area (Å²) >= 11 is 0. The van der Waals surface area contributed by atoms with Gasteiger partial charge < -0.3 is 10.0 Å². The average Bonchev–Trinajstić information content (AvgIpc) is 2.29. The van der Waals surface area contributed by atoms with Gasteiger partial charge in [-0.05, 0) is 24.3 Å². The van der Waals surface area contributed by atoms with Crippen LogP contribution in [-0.4, -0.2) is 23.2 Å². The van der Waals surface area contributed by atoms with Gasteiger partial charge in [-0.1, -0.05) is 13.8 Å². The van der Waals surface area contributed by atoms with Crippen LogP contribution in [0.2, 0.25) is 0 Å². The Balaban J connectivity index is 2.14. The second-order valence-electron chi connectivity index (χ2n) is 5.31. The number of anilines is 1. The minimum absolute atomic E-state index is 0.0725. The predicted molar refractivity (Wildman–Crippen MR) is 65.4 cm³/mol. The molecule has 1 fully saturated rings. The fourth-order valence-electron chi connectivity index (χ4n) is 2.20. The maximum Gasteiger partial charge on any atom is 0.0717 e. The van der Waals surface area contributed by atoms with Crippen molar-refractivity contribution in [1.29, 1.82) is 0 Å². The number of aliphatic hydroxyl groups excluding tert-OH is 1. The van der Waals surface area contributed by atoms with Crippen LogP contribution in [0, 0.1) is 5.41 Å². The molecular formula is C13H20N2O. The molecule has 0 saturated carbocycles. The third-order valence-corrected chi connectivity index (χ3v) is 3.51. The third kappa shape index (κ3) is 2.35. The van der Waals surface area contributed by atoms with Crippen molar-refractivity contribution in [2.45, 2.75) is 33.3 Å². The molecular weight excluding hydrogens is 200 g/mol. The molecule has 3 heteroatoms. The van der Waals surface area contributed by atoms with Gasteiger partial charge in [0.25, 0.3) is 0 Å². The Morgan fingerprint density at radius 3 is 2.69 bits per heavy atom. The first-order valence-electron chi connectivity index (χ1n) is 5.91. The number of hydrogen-bond acceptors (Lipinski definition) is 3. The van der Waals surface area contributed by atoms with E-state index in [0.717, 1.165) is 24.3 Å². The molecule has 0 spiro atoms. The fourth-order valence-corrected chi connectivity index (χ4v) is 2.20. The number of aliphatic hydroxyl groups is 1. The molecule has 1 aromatic rings. The van der Waals surface area contributed by atoms with Crippen LogP contribution in [-0.2, 0) is 6.61 Å². The minimum atomic E-state index is 0.0725. The number of hydrogen-bond donors (Lipinski definition) is 1. The summed E-state index contributed by atoms with van der Waals surface area (Å²) in [5.74, 6) is 0. The van der Waals surface area contributed by atoms with E-state index in [9.17, 15) is 5.11 Å². The van der Waals surface area contributed by atoms with Gasteiger partial charge in [0.2, 0.25) is 0 Å². The largest absolute Gasteiger partial charge is 0.392 e. The summed E-state index contributed by atoms with van der Waals surface area (Å²) in [7, 11) is 0. The molecule has 1 saturated heterocycles. The molecule has 0 aliphatic carbocycles. The molecule has 0 atom stereocenters. The Labute approximate surface area is 97.1 Å². The van der Waals surface area contributed by atoms with E-state index in [1.54, 1.807) is 12.4 Å². The molecule has 1 aliphatic heterocycles. The van der Waals surface area contributed by atoms with Crippen molar-refractivity contribution in [2.24, 2.45) is 5.41 Å². The van der Waals surface area contributed by atoms with Gasteiger partial charge >= 0.3 is 0 Å². The van der Waals surface area contributed by atoms with Crippen LogP contribution in [0.1, 0.15) is 32.3 Å². The Morgan fingerprint density at radius 2 is 2.06 bits per heavy atom. The van der Waals surface area contributed by atoms with Crippen LogP contribution in [0.5, 0.6) is 0 Å². The highest BCUT2D eigenvalue weighted by atomic mass is 16.3. The van der Waals surface area contributed by atoms with Gasteiger partial charge in [0.05, 0.1) is 6.61 Å². The number of pyridine rings is 1. The van der Waals surface area contributed by atoms with Gasteiger partial charge in [-0.2, -0.15) is 0 Å². The molecule has 88 valence electrons. The molecule has 0 aromatic carbocycles. The van der Waals surface area contributed by atoms with E-state index >= 15 is 0 Å². The molecule has 0 amide bonds.